The fraction of sp³-hybridized carbons (Fsp3) is 0.333. The Kier molecular flexibility index (Phi) is 5.05. The second-order valence-corrected chi connectivity index (χ2v) is 3.05. The topological polar surface area (TPSA) is 47.9 Å². The number of hydrogen-bond acceptors (Lipinski definition) is 4. The smallest absolute Gasteiger partial charge is 0.327 e. The largest absolute Gasteiger partial charge is 0.497 e. The van der Waals surface area contributed by atoms with Crippen molar-refractivity contribution in [3.8, 4) is 5.75 Å². The van der Waals surface area contributed by atoms with Crippen LogP contribution >= 0.6 is 0 Å². The molecule has 0 fully saturated rings. The second-order valence-electron chi connectivity index (χ2n) is 3.05. The van der Waals surface area contributed by atoms with Gasteiger partial charge in [-0.05, 0) is 36.8 Å². The zero-order valence-corrected chi connectivity index (χ0v) is 9.47. The van der Waals surface area contributed by atoms with Crippen molar-refractivity contribution in [1.82, 2.24) is 0 Å². The van der Waals surface area contributed by atoms with Crippen LogP contribution in [-0.2, 0) is 9.53 Å². The van der Waals surface area contributed by atoms with Crippen molar-refractivity contribution in [3.63, 3.8) is 0 Å². The van der Waals surface area contributed by atoms with Gasteiger partial charge in [-0.2, -0.15) is 0 Å². The van der Waals surface area contributed by atoms with Crippen LogP contribution in [0.25, 0.3) is 0 Å². The van der Waals surface area contributed by atoms with Gasteiger partial charge in [0.1, 0.15) is 12.3 Å². The Morgan fingerprint density at radius 2 is 2.06 bits per heavy atom. The Balaban J connectivity index is 2.46. The van der Waals surface area contributed by atoms with E-state index >= 15 is 0 Å². The third-order valence-corrected chi connectivity index (χ3v) is 1.88. The molecule has 0 aliphatic carbocycles. The lowest BCUT2D eigenvalue weighted by molar-refractivity contribution is -0.141. The normalized spacial score (nSPS) is 10.4. The number of carbonyl (C=O) groups excluding carboxylic acids is 1. The first kappa shape index (κ1) is 12.2. The molecule has 0 heterocycles. The first-order valence-electron chi connectivity index (χ1n) is 5.05. The van der Waals surface area contributed by atoms with Crippen molar-refractivity contribution in [2.45, 2.75) is 6.92 Å². The predicted octanol–water partition coefficient (Wildman–Crippen LogP) is 1.68. The van der Waals surface area contributed by atoms with Crippen LogP contribution in [0.15, 0.2) is 29.3 Å². The van der Waals surface area contributed by atoms with Crippen LogP contribution in [0.2, 0.25) is 0 Å². The zero-order valence-electron chi connectivity index (χ0n) is 9.47. The van der Waals surface area contributed by atoms with E-state index in [1.165, 1.54) is 0 Å². The van der Waals surface area contributed by atoms with E-state index in [4.69, 9.17) is 9.47 Å². The molecule has 0 saturated carbocycles. The maximum atomic E-state index is 11.0. The van der Waals surface area contributed by atoms with Crippen LogP contribution in [-0.4, -0.2) is 32.4 Å². The van der Waals surface area contributed by atoms with Crippen LogP contribution in [0, 0.1) is 0 Å². The van der Waals surface area contributed by atoms with Crippen LogP contribution in [0.4, 0.5) is 0 Å². The van der Waals surface area contributed by atoms with Gasteiger partial charge in [-0.3, -0.25) is 9.79 Å². The van der Waals surface area contributed by atoms with Crippen LogP contribution in [0.1, 0.15) is 12.5 Å². The number of benzene rings is 1. The van der Waals surface area contributed by atoms with Crippen molar-refractivity contribution in [1.29, 1.82) is 0 Å². The minimum Gasteiger partial charge on any atom is -0.497 e. The van der Waals surface area contributed by atoms with Gasteiger partial charge >= 0.3 is 5.97 Å². The maximum Gasteiger partial charge on any atom is 0.327 e. The Labute approximate surface area is 94.9 Å². The van der Waals surface area contributed by atoms with Gasteiger partial charge < -0.3 is 9.47 Å². The van der Waals surface area contributed by atoms with Gasteiger partial charge in [0.05, 0.1) is 13.7 Å². The highest BCUT2D eigenvalue weighted by Gasteiger charge is 1.97. The minimum absolute atomic E-state index is 0.0554. The molecule has 0 unspecified atom stereocenters. The fourth-order valence-electron chi connectivity index (χ4n) is 1.12. The van der Waals surface area contributed by atoms with E-state index in [-0.39, 0.29) is 12.5 Å². The molecular formula is C12H15NO3. The number of rotatable bonds is 5. The Morgan fingerprint density at radius 1 is 1.38 bits per heavy atom. The number of hydrogen-bond donors (Lipinski definition) is 0. The summed E-state index contributed by atoms with van der Waals surface area (Å²) in [7, 11) is 1.61. The van der Waals surface area contributed by atoms with E-state index in [0.29, 0.717) is 6.61 Å². The number of carbonyl (C=O) groups is 1. The molecule has 0 saturated heterocycles. The summed E-state index contributed by atoms with van der Waals surface area (Å²) in [6.07, 6.45) is 1.64. The summed E-state index contributed by atoms with van der Waals surface area (Å²) in [6, 6.07) is 7.42. The highest BCUT2D eigenvalue weighted by molar-refractivity contribution is 5.82. The maximum absolute atomic E-state index is 11.0. The van der Waals surface area contributed by atoms with Gasteiger partial charge in [0.15, 0.2) is 0 Å². The molecule has 0 spiro atoms. The standard InChI is InChI=1S/C12H15NO3/c1-3-16-12(14)9-13-8-10-4-6-11(15-2)7-5-10/h4-8H,3,9H2,1-2H3/b13-8-. The molecule has 0 aliphatic heterocycles. The molecule has 1 rings (SSSR count). The van der Waals surface area contributed by atoms with Gasteiger partial charge in [-0.25, -0.2) is 0 Å². The Hall–Kier alpha value is -1.84. The summed E-state index contributed by atoms with van der Waals surface area (Å²) >= 11 is 0. The van der Waals surface area contributed by atoms with Gasteiger partial charge in [0.25, 0.3) is 0 Å². The lowest BCUT2D eigenvalue weighted by Crippen LogP contribution is -2.07. The van der Waals surface area contributed by atoms with Crippen molar-refractivity contribution in [2.24, 2.45) is 4.99 Å². The molecule has 86 valence electrons. The third-order valence-electron chi connectivity index (χ3n) is 1.88. The van der Waals surface area contributed by atoms with Gasteiger partial charge in [0, 0.05) is 6.21 Å². The highest BCUT2D eigenvalue weighted by Crippen LogP contribution is 2.09. The van der Waals surface area contributed by atoms with E-state index in [1.807, 2.05) is 24.3 Å². The van der Waals surface area contributed by atoms with Crippen molar-refractivity contribution in [3.05, 3.63) is 29.8 Å². The summed E-state index contributed by atoms with van der Waals surface area (Å²) in [5, 5.41) is 0. The lowest BCUT2D eigenvalue weighted by Gasteiger charge is -1.99. The molecule has 4 heteroatoms. The third kappa shape index (κ3) is 4.13. The zero-order chi connectivity index (χ0) is 11.8. The molecule has 0 aromatic heterocycles. The summed E-state index contributed by atoms with van der Waals surface area (Å²) in [6.45, 7) is 2.21. The average Bonchev–Trinajstić information content (AvgIpc) is 2.30. The van der Waals surface area contributed by atoms with Crippen molar-refractivity contribution in [2.75, 3.05) is 20.3 Å². The first-order valence-corrected chi connectivity index (χ1v) is 5.05. The highest BCUT2D eigenvalue weighted by atomic mass is 16.5. The summed E-state index contributed by atoms with van der Waals surface area (Å²) in [4.78, 5) is 15.0. The monoisotopic (exact) mass is 221 g/mol. The number of nitrogens with zero attached hydrogens (tertiary/aromatic N) is 1. The van der Waals surface area contributed by atoms with E-state index in [2.05, 4.69) is 4.99 Å². The SMILES string of the molecule is CCOC(=O)C/N=C\c1ccc(OC)cc1. The molecule has 0 amide bonds. The molecule has 0 radical (unpaired) electrons. The van der Waals surface area contributed by atoms with Crippen LogP contribution in [0.5, 0.6) is 5.75 Å². The van der Waals surface area contributed by atoms with Gasteiger partial charge in [0.2, 0.25) is 0 Å². The van der Waals surface area contributed by atoms with Crippen molar-refractivity contribution < 1.29 is 14.3 Å². The summed E-state index contributed by atoms with van der Waals surface area (Å²) in [5.74, 6) is 0.481. The molecular weight excluding hydrogens is 206 g/mol. The minimum atomic E-state index is -0.313. The molecule has 0 N–H and O–H groups in total. The number of ether oxygens (including phenoxy) is 2. The molecule has 1 aromatic rings. The van der Waals surface area contributed by atoms with E-state index in [1.54, 1.807) is 20.2 Å². The molecule has 0 aliphatic rings. The summed E-state index contributed by atoms with van der Waals surface area (Å²) in [5.41, 5.74) is 0.921. The van der Waals surface area contributed by atoms with Crippen molar-refractivity contribution >= 4 is 12.2 Å². The fourth-order valence-corrected chi connectivity index (χ4v) is 1.12. The Bertz CT molecular complexity index is 357. The quantitative estimate of drug-likeness (QED) is 0.561. The Morgan fingerprint density at radius 3 is 2.62 bits per heavy atom. The molecule has 0 atom stereocenters. The second kappa shape index (κ2) is 6.61. The number of aliphatic imine (C=N–C) groups is 1. The molecule has 16 heavy (non-hydrogen) atoms. The molecule has 4 nitrogen and oxygen atoms in total. The lowest BCUT2D eigenvalue weighted by atomic mass is 10.2. The molecule has 1 aromatic carbocycles. The summed E-state index contributed by atoms with van der Waals surface area (Å²) < 4.78 is 9.77. The van der Waals surface area contributed by atoms with Gasteiger partial charge in [-0.15, -0.1) is 0 Å². The number of esters is 1. The van der Waals surface area contributed by atoms with Crippen LogP contribution < -0.4 is 4.74 Å². The first-order chi connectivity index (χ1) is 7.76. The number of methoxy groups -OCH3 is 1. The average molecular weight is 221 g/mol. The van der Waals surface area contributed by atoms with E-state index in [0.717, 1.165) is 11.3 Å². The van der Waals surface area contributed by atoms with E-state index in [9.17, 15) is 4.79 Å². The predicted molar refractivity (Wildman–Crippen MR) is 62.1 cm³/mol. The van der Waals surface area contributed by atoms with Gasteiger partial charge in [-0.1, -0.05) is 0 Å². The molecule has 0 bridgehead atoms. The van der Waals surface area contributed by atoms with E-state index < -0.39 is 0 Å². The van der Waals surface area contributed by atoms with Crippen LogP contribution in [0.3, 0.4) is 0 Å².